The molecule has 0 fully saturated rings. The third-order valence-corrected chi connectivity index (χ3v) is 2.85. The van der Waals surface area contributed by atoms with Crippen LogP contribution in [0.25, 0.3) is 0 Å². The molecule has 1 aliphatic rings. The topological polar surface area (TPSA) is 20.2 Å². The van der Waals surface area contributed by atoms with Crippen molar-refractivity contribution < 1.29 is 5.11 Å². The maximum Gasteiger partial charge on any atom is 0.0621 e. The van der Waals surface area contributed by atoms with E-state index >= 15 is 0 Å². The van der Waals surface area contributed by atoms with Crippen LogP contribution in [0, 0.1) is 0 Å². The first-order valence-corrected chi connectivity index (χ1v) is 4.51. The van der Waals surface area contributed by atoms with Crippen LogP contribution in [0.15, 0.2) is 22.7 Å². The van der Waals surface area contributed by atoms with Gasteiger partial charge in [0.25, 0.3) is 0 Å². The Morgan fingerprint density at radius 3 is 2.91 bits per heavy atom. The van der Waals surface area contributed by atoms with Crippen LogP contribution in [0.3, 0.4) is 0 Å². The van der Waals surface area contributed by atoms with E-state index in [0.29, 0.717) is 0 Å². The molecule has 1 N–H and O–H groups in total. The van der Waals surface area contributed by atoms with E-state index in [9.17, 15) is 5.11 Å². The van der Waals surface area contributed by atoms with Gasteiger partial charge in [0.05, 0.1) is 6.10 Å². The van der Waals surface area contributed by atoms with Gasteiger partial charge in [-0.15, -0.1) is 0 Å². The van der Waals surface area contributed by atoms with Crippen molar-refractivity contribution in [2.24, 2.45) is 0 Å². The highest BCUT2D eigenvalue weighted by atomic mass is 79.9. The minimum absolute atomic E-state index is 0.163. The fraction of sp³-hybridized carbons (Fsp3) is 0.333. The average Bonchev–Trinajstić information content (AvgIpc) is 2.31. The Balaban J connectivity index is 2.49. The summed E-state index contributed by atoms with van der Waals surface area (Å²) < 4.78 is 1.13. The van der Waals surface area contributed by atoms with Crippen LogP contribution in [0.2, 0.25) is 0 Å². The monoisotopic (exact) mass is 212 g/mol. The Morgan fingerprint density at radius 2 is 2.18 bits per heavy atom. The summed E-state index contributed by atoms with van der Waals surface area (Å²) in [5.41, 5.74) is 2.56. The second kappa shape index (κ2) is 2.61. The van der Waals surface area contributed by atoms with Crippen molar-refractivity contribution >= 4 is 15.9 Å². The molecule has 0 heterocycles. The third-order valence-electron chi connectivity index (χ3n) is 2.11. The quantitative estimate of drug-likeness (QED) is 0.697. The van der Waals surface area contributed by atoms with Gasteiger partial charge in [-0.25, -0.2) is 0 Å². The van der Waals surface area contributed by atoms with E-state index in [4.69, 9.17) is 0 Å². The molecule has 0 aliphatic heterocycles. The molecule has 0 amide bonds. The normalized spacial score (nSPS) is 21.8. The molecule has 0 bridgehead atoms. The predicted molar refractivity (Wildman–Crippen MR) is 47.6 cm³/mol. The smallest absolute Gasteiger partial charge is 0.0621 e. The summed E-state index contributed by atoms with van der Waals surface area (Å²) in [5.74, 6) is 0. The van der Waals surface area contributed by atoms with Crippen molar-refractivity contribution in [2.75, 3.05) is 0 Å². The molecule has 1 aliphatic carbocycles. The highest BCUT2D eigenvalue weighted by Gasteiger charge is 2.20. The molecule has 2 rings (SSSR count). The molecular formula is C9H9BrO. The molecule has 0 saturated heterocycles. The van der Waals surface area contributed by atoms with Gasteiger partial charge in [-0.1, -0.05) is 28.1 Å². The first-order chi connectivity index (χ1) is 5.27. The van der Waals surface area contributed by atoms with Crippen LogP contribution < -0.4 is 0 Å². The summed E-state index contributed by atoms with van der Waals surface area (Å²) in [6.07, 6.45) is 1.45. The molecule has 0 radical (unpaired) electrons. The zero-order chi connectivity index (χ0) is 7.84. The zero-order valence-corrected chi connectivity index (χ0v) is 7.63. The lowest BCUT2D eigenvalue weighted by Gasteiger charge is -1.98. The second-order valence-corrected chi connectivity index (χ2v) is 3.79. The molecule has 0 aromatic heterocycles. The highest BCUT2D eigenvalue weighted by molar-refractivity contribution is 9.10. The van der Waals surface area contributed by atoms with Gasteiger partial charge in [-0.3, -0.25) is 0 Å². The highest BCUT2D eigenvalue weighted by Crippen LogP contribution is 2.28. The number of hydrogen-bond acceptors (Lipinski definition) is 1. The number of aliphatic hydroxyl groups excluding tert-OH is 1. The molecular weight excluding hydrogens is 204 g/mol. The van der Waals surface area contributed by atoms with Gasteiger partial charge in [-0.2, -0.15) is 0 Å². The summed E-state index contributed by atoms with van der Waals surface area (Å²) in [6.45, 7) is 0. The van der Waals surface area contributed by atoms with Crippen LogP contribution in [0.1, 0.15) is 11.1 Å². The Kier molecular flexibility index (Phi) is 1.74. The largest absolute Gasteiger partial charge is 0.392 e. The van der Waals surface area contributed by atoms with Crippen LogP contribution in [0.4, 0.5) is 0 Å². The van der Waals surface area contributed by atoms with Gasteiger partial charge < -0.3 is 5.11 Å². The molecule has 1 aromatic rings. The fourth-order valence-corrected chi connectivity index (χ4v) is 2.15. The first kappa shape index (κ1) is 7.32. The summed E-state index contributed by atoms with van der Waals surface area (Å²) in [6, 6.07) is 6.12. The van der Waals surface area contributed by atoms with Crippen LogP contribution in [0.5, 0.6) is 0 Å². The van der Waals surface area contributed by atoms with Gasteiger partial charge in [0.15, 0.2) is 0 Å². The Hall–Kier alpha value is -0.340. The molecule has 11 heavy (non-hydrogen) atoms. The van der Waals surface area contributed by atoms with Gasteiger partial charge in [0.1, 0.15) is 0 Å². The zero-order valence-electron chi connectivity index (χ0n) is 6.05. The van der Waals surface area contributed by atoms with Gasteiger partial charge in [0.2, 0.25) is 0 Å². The Labute approximate surface area is 74.2 Å². The van der Waals surface area contributed by atoms with Crippen LogP contribution in [-0.4, -0.2) is 11.2 Å². The summed E-state index contributed by atoms with van der Waals surface area (Å²) in [5, 5.41) is 9.35. The Morgan fingerprint density at radius 1 is 1.36 bits per heavy atom. The van der Waals surface area contributed by atoms with Crippen molar-refractivity contribution in [3.05, 3.63) is 33.8 Å². The number of fused-ring (bicyclic) bond motifs is 1. The maximum atomic E-state index is 9.35. The van der Waals surface area contributed by atoms with Gasteiger partial charge in [0, 0.05) is 10.9 Å². The molecule has 1 atom stereocenters. The van der Waals surface area contributed by atoms with E-state index in [-0.39, 0.29) is 6.10 Å². The summed E-state index contributed by atoms with van der Waals surface area (Å²) in [4.78, 5) is 0. The minimum Gasteiger partial charge on any atom is -0.392 e. The predicted octanol–water partition coefficient (Wildman–Crippen LogP) is 1.91. The molecule has 0 spiro atoms. The molecule has 0 saturated carbocycles. The van der Waals surface area contributed by atoms with Crippen LogP contribution >= 0.6 is 15.9 Å². The fourth-order valence-electron chi connectivity index (χ4n) is 1.58. The van der Waals surface area contributed by atoms with E-state index in [2.05, 4.69) is 22.0 Å². The molecule has 2 heteroatoms. The van der Waals surface area contributed by atoms with E-state index < -0.39 is 0 Å². The van der Waals surface area contributed by atoms with Crippen molar-refractivity contribution in [3.63, 3.8) is 0 Å². The summed E-state index contributed by atoms with van der Waals surface area (Å²) in [7, 11) is 0. The molecule has 1 nitrogen and oxygen atoms in total. The number of aliphatic hydroxyl groups is 1. The standard InChI is InChI=1S/C9H9BrO/c10-9-3-1-2-6-4-7(11)5-8(6)9/h1-3,7,11H,4-5H2. The number of hydrogen-bond donors (Lipinski definition) is 1. The Bertz CT molecular complexity index is 283. The lowest BCUT2D eigenvalue weighted by atomic mass is 10.1. The van der Waals surface area contributed by atoms with E-state index in [1.165, 1.54) is 11.1 Å². The van der Waals surface area contributed by atoms with Gasteiger partial charge in [-0.05, 0) is 23.6 Å². The second-order valence-electron chi connectivity index (χ2n) is 2.94. The molecule has 1 unspecified atom stereocenters. The third kappa shape index (κ3) is 1.21. The van der Waals surface area contributed by atoms with E-state index in [0.717, 1.165) is 17.3 Å². The van der Waals surface area contributed by atoms with Crippen molar-refractivity contribution in [1.82, 2.24) is 0 Å². The summed E-state index contributed by atoms with van der Waals surface area (Å²) >= 11 is 3.46. The van der Waals surface area contributed by atoms with Crippen LogP contribution in [-0.2, 0) is 12.8 Å². The lowest BCUT2D eigenvalue weighted by Crippen LogP contribution is -2.03. The molecule has 1 aromatic carbocycles. The van der Waals surface area contributed by atoms with Gasteiger partial charge >= 0.3 is 0 Å². The van der Waals surface area contributed by atoms with Crippen molar-refractivity contribution in [2.45, 2.75) is 18.9 Å². The van der Waals surface area contributed by atoms with Crippen molar-refractivity contribution in [3.8, 4) is 0 Å². The SMILES string of the molecule is OC1Cc2cccc(Br)c2C1. The molecule has 58 valence electrons. The number of benzene rings is 1. The lowest BCUT2D eigenvalue weighted by molar-refractivity contribution is 0.187. The minimum atomic E-state index is -0.163. The average molecular weight is 213 g/mol. The maximum absolute atomic E-state index is 9.35. The van der Waals surface area contributed by atoms with E-state index in [1.54, 1.807) is 0 Å². The number of halogens is 1. The van der Waals surface area contributed by atoms with E-state index in [1.807, 2.05) is 12.1 Å². The first-order valence-electron chi connectivity index (χ1n) is 3.71. The number of rotatable bonds is 0. The van der Waals surface area contributed by atoms with Crippen molar-refractivity contribution in [1.29, 1.82) is 0 Å².